The maximum Gasteiger partial charge on any atom is 0.329 e. The largest absolute Gasteiger partial charge is 0.454 e. The highest BCUT2D eigenvalue weighted by Gasteiger charge is 2.51. The van der Waals surface area contributed by atoms with Crippen molar-refractivity contribution in [1.29, 1.82) is 0 Å². The zero-order chi connectivity index (χ0) is 22.0. The first-order valence-electron chi connectivity index (χ1n) is 9.92. The normalized spacial score (nSPS) is 21.9. The molecule has 3 amide bonds. The van der Waals surface area contributed by atoms with Gasteiger partial charge in [0.05, 0.1) is 11.8 Å². The number of hydrogen-bond acceptors (Lipinski definition) is 5. The molecule has 2 aliphatic rings. The summed E-state index contributed by atoms with van der Waals surface area (Å²) in [7, 11) is 1.43. The molecule has 0 spiro atoms. The van der Waals surface area contributed by atoms with Crippen molar-refractivity contribution in [2.24, 2.45) is 11.8 Å². The van der Waals surface area contributed by atoms with Crippen molar-refractivity contribution in [3.63, 3.8) is 0 Å². The average molecular weight is 439 g/mol. The molecule has 7 nitrogen and oxygen atoms in total. The van der Waals surface area contributed by atoms with Crippen LogP contribution in [0.3, 0.4) is 0 Å². The highest BCUT2D eigenvalue weighted by molar-refractivity contribution is 6.31. The maximum absolute atomic E-state index is 13.9. The van der Waals surface area contributed by atoms with Gasteiger partial charge in [0.2, 0.25) is 11.8 Å². The van der Waals surface area contributed by atoms with E-state index in [1.807, 2.05) is 0 Å². The Kier molecular flexibility index (Phi) is 6.75. The van der Waals surface area contributed by atoms with Gasteiger partial charge < -0.3 is 9.64 Å². The molecule has 0 aromatic heterocycles. The van der Waals surface area contributed by atoms with Crippen molar-refractivity contribution in [2.75, 3.05) is 13.7 Å². The van der Waals surface area contributed by atoms with E-state index in [0.29, 0.717) is 12.8 Å². The fourth-order valence-electron chi connectivity index (χ4n) is 4.05. The van der Waals surface area contributed by atoms with Crippen LogP contribution in [0.2, 0.25) is 5.02 Å². The number of likely N-dealkylation sites (N-methyl/N-ethyl adjacent to an activating group) is 1. The summed E-state index contributed by atoms with van der Waals surface area (Å²) >= 11 is 5.97. The number of imide groups is 1. The number of carbonyl (C=O) groups excluding carboxylic acids is 4. The van der Waals surface area contributed by atoms with Gasteiger partial charge in [0.15, 0.2) is 6.61 Å². The first-order chi connectivity index (χ1) is 14.2. The second kappa shape index (κ2) is 9.12. The van der Waals surface area contributed by atoms with Crippen LogP contribution in [0.15, 0.2) is 18.2 Å². The van der Waals surface area contributed by atoms with Gasteiger partial charge in [-0.3, -0.25) is 19.3 Å². The lowest BCUT2D eigenvalue weighted by Crippen LogP contribution is -2.45. The topological polar surface area (TPSA) is 84.0 Å². The molecule has 1 aromatic carbocycles. The summed E-state index contributed by atoms with van der Waals surface area (Å²) in [5.41, 5.74) is 0.158. The maximum atomic E-state index is 13.9. The van der Waals surface area contributed by atoms with Crippen molar-refractivity contribution in [3.05, 3.63) is 34.6 Å². The third kappa shape index (κ3) is 4.33. The smallest absolute Gasteiger partial charge is 0.329 e. The lowest BCUT2D eigenvalue weighted by Gasteiger charge is -2.22. The van der Waals surface area contributed by atoms with Crippen LogP contribution in [-0.2, 0) is 30.5 Å². The number of likely N-dealkylation sites (tertiary alicyclic amines) is 1. The summed E-state index contributed by atoms with van der Waals surface area (Å²) < 4.78 is 18.9. The van der Waals surface area contributed by atoms with E-state index in [9.17, 15) is 23.6 Å². The molecule has 1 aliphatic carbocycles. The molecule has 30 heavy (non-hydrogen) atoms. The molecule has 1 aromatic rings. The minimum atomic E-state index is -1.10. The first kappa shape index (κ1) is 22.2. The van der Waals surface area contributed by atoms with E-state index in [2.05, 4.69) is 0 Å². The molecule has 3 rings (SSSR count). The Morgan fingerprint density at radius 3 is 2.40 bits per heavy atom. The molecular weight excluding hydrogens is 415 g/mol. The molecule has 0 bridgehead atoms. The lowest BCUT2D eigenvalue weighted by molar-refractivity contribution is -0.161. The molecule has 0 radical (unpaired) electrons. The van der Waals surface area contributed by atoms with Crippen LogP contribution in [0.1, 0.15) is 38.2 Å². The van der Waals surface area contributed by atoms with Crippen LogP contribution in [0.5, 0.6) is 0 Å². The van der Waals surface area contributed by atoms with Crippen molar-refractivity contribution < 1.29 is 28.3 Å². The monoisotopic (exact) mass is 438 g/mol. The lowest BCUT2D eigenvalue weighted by atomic mass is 9.81. The van der Waals surface area contributed by atoms with Crippen molar-refractivity contribution >= 4 is 35.3 Å². The molecular formula is C21H24ClFN2O5. The zero-order valence-electron chi connectivity index (χ0n) is 16.9. The Morgan fingerprint density at radius 2 is 1.83 bits per heavy atom. The number of carbonyl (C=O) groups is 4. The second-order valence-corrected chi connectivity index (χ2v) is 8.18. The standard InChI is InChI=1S/C21H24ClFN2O5/c1-12(25-19(27)13-6-3-4-7-14(13)20(25)28)21(29)30-11-18(26)24(2)10-15-16(22)8-5-9-17(15)23/h5,8-9,12-14H,3-4,6-7,10-11H2,1-2H3. The van der Waals surface area contributed by atoms with E-state index >= 15 is 0 Å². The molecule has 1 saturated heterocycles. The Bertz CT molecular complexity index is 833. The predicted octanol–water partition coefficient (Wildman–Crippen LogP) is 2.54. The van der Waals surface area contributed by atoms with Gasteiger partial charge >= 0.3 is 5.97 Å². The molecule has 1 saturated carbocycles. The summed E-state index contributed by atoms with van der Waals surface area (Å²) in [5, 5.41) is 0.188. The Hall–Kier alpha value is -2.48. The molecule has 0 N–H and O–H groups in total. The molecule has 3 atom stereocenters. The first-order valence-corrected chi connectivity index (χ1v) is 10.3. The number of hydrogen-bond donors (Lipinski definition) is 0. The van der Waals surface area contributed by atoms with Gasteiger partial charge in [0, 0.05) is 24.2 Å². The summed E-state index contributed by atoms with van der Waals surface area (Å²) in [5.74, 6) is -3.35. The zero-order valence-corrected chi connectivity index (χ0v) is 17.7. The fourth-order valence-corrected chi connectivity index (χ4v) is 4.27. The highest BCUT2D eigenvalue weighted by Crippen LogP contribution is 2.38. The molecule has 3 unspecified atom stereocenters. The average Bonchev–Trinajstić information content (AvgIpc) is 2.98. The van der Waals surface area contributed by atoms with Crippen LogP contribution in [-0.4, -0.2) is 53.2 Å². The van der Waals surface area contributed by atoms with Gasteiger partial charge in [-0.15, -0.1) is 0 Å². The Labute approximate surface area is 179 Å². The van der Waals surface area contributed by atoms with Crippen LogP contribution in [0.4, 0.5) is 4.39 Å². The minimum absolute atomic E-state index is 0.0934. The number of amides is 3. The van der Waals surface area contributed by atoms with Gasteiger partial charge in [-0.05, 0) is 31.9 Å². The van der Waals surface area contributed by atoms with Gasteiger partial charge in [-0.25, -0.2) is 9.18 Å². The third-order valence-electron chi connectivity index (χ3n) is 5.82. The third-order valence-corrected chi connectivity index (χ3v) is 6.18. The van der Waals surface area contributed by atoms with Crippen molar-refractivity contribution in [2.45, 2.75) is 45.2 Å². The van der Waals surface area contributed by atoms with E-state index < -0.39 is 30.3 Å². The van der Waals surface area contributed by atoms with Gasteiger partial charge in [-0.2, -0.15) is 0 Å². The molecule has 1 heterocycles. The molecule has 162 valence electrons. The number of nitrogens with zero attached hydrogens (tertiary/aromatic N) is 2. The number of halogens is 2. The summed E-state index contributed by atoms with van der Waals surface area (Å²) in [6.07, 6.45) is 3.07. The van der Waals surface area contributed by atoms with Crippen molar-refractivity contribution in [3.8, 4) is 0 Å². The number of esters is 1. The second-order valence-electron chi connectivity index (χ2n) is 7.78. The van der Waals surface area contributed by atoms with E-state index in [1.165, 1.54) is 37.1 Å². The van der Waals surface area contributed by atoms with Crippen LogP contribution in [0, 0.1) is 17.7 Å². The SMILES string of the molecule is CC(C(=O)OCC(=O)N(C)Cc1c(F)cccc1Cl)N1C(=O)C2CCCCC2C1=O. The summed E-state index contributed by atoms with van der Waals surface area (Å²) in [6.45, 7) is 0.738. The minimum Gasteiger partial charge on any atom is -0.454 e. The van der Waals surface area contributed by atoms with Crippen LogP contribution >= 0.6 is 11.6 Å². The van der Waals surface area contributed by atoms with E-state index in [4.69, 9.17) is 16.3 Å². The Morgan fingerprint density at radius 1 is 1.23 bits per heavy atom. The molecule has 1 aliphatic heterocycles. The quantitative estimate of drug-likeness (QED) is 0.503. The summed E-state index contributed by atoms with van der Waals surface area (Å²) in [6, 6.07) is 3.11. The number of fused-ring (bicyclic) bond motifs is 1. The Balaban J connectivity index is 1.56. The van der Waals surface area contributed by atoms with Gasteiger partial charge in [-0.1, -0.05) is 30.5 Å². The van der Waals surface area contributed by atoms with Gasteiger partial charge in [0.25, 0.3) is 5.91 Å². The summed E-state index contributed by atoms with van der Waals surface area (Å²) in [4.78, 5) is 52.0. The van der Waals surface area contributed by atoms with Crippen LogP contribution < -0.4 is 0 Å². The van der Waals surface area contributed by atoms with E-state index in [-0.39, 0.29) is 40.8 Å². The van der Waals surface area contributed by atoms with Crippen molar-refractivity contribution in [1.82, 2.24) is 9.80 Å². The number of benzene rings is 1. The highest BCUT2D eigenvalue weighted by atomic mass is 35.5. The van der Waals surface area contributed by atoms with E-state index in [1.54, 1.807) is 0 Å². The molecule has 2 fully saturated rings. The van der Waals surface area contributed by atoms with Gasteiger partial charge in [0.1, 0.15) is 11.9 Å². The van der Waals surface area contributed by atoms with E-state index in [0.717, 1.165) is 17.7 Å². The predicted molar refractivity (Wildman–Crippen MR) is 106 cm³/mol. The fraction of sp³-hybridized carbons (Fsp3) is 0.524. The molecule has 9 heteroatoms. The van der Waals surface area contributed by atoms with Crippen LogP contribution in [0.25, 0.3) is 0 Å². The number of ether oxygens (including phenoxy) is 1. The number of rotatable bonds is 6.